The predicted octanol–water partition coefficient (Wildman–Crippen LogP) is 2.72. The number of aliphatic hydroxyl groups excluding tert-OH is 1. The molecular weight excluding hydrogens is 306 g/mol. The van der Waals surface area contributed by atoms with Gasteiger partial charge in [0.25, 0.3) is 0 Å². The van der Waals surface area contributed by atoms with E-state index in [1.807, 2.05) is 24.3 Å². The number of carbonyl (C=O) groups is 1. The number of aliphatic hydroxyl groups is 1. The molecule has 0 saturated carbocycles. The van der Waals surface area contributed by atoms with Crippen LogP contribution in [-0.4, -0.2) is 41.5 Å². The summed E-state index contributed by atoms with van der Waals surface area (Å²) in [6, 6.07) is 7.53. The third-order valence-electron chi connectivity index (χ3n) is 3.75. The van der Waals surface area contributed by atoms with E-state index in [0.717, 1.165) is 36.1 Å². The van der Waals surface area contributed by atoms with Crippen molar-refractivity contribution in [2.75, 3.05) is 19.6 Å². The maximum Gasteiger partial charge on any atom is 0.164 e. The molecule has 1 aromatic carbocycles. The quantitative estimate of drug-likeness (QED) is 0.865. The van der Waals surface area contributed by atoms with Crippen LogP contribution in [0.4, 0.5) is 0 Å². The molecule has 2 atom stereocenters. The normalized spacial score (nSPS) is 24.4. The van der Waals surface area contributed by atoms with E-state index in [-0.39, 0.29) is 11.9 Å². The van der Waals surface area contributed by atoms with Crippen molar-refractivity contribution in [2.45, 2.75) is 25.9 Å². The van der Waals surface area contributed by atoms with Gasteiger partial charge < -0.3 is 10.0 Å². The SMILES string of the molecule is CC1CN(CCC(=O)c2cccc(Br)c2)CCC1O. The van der Waals surface area contributed by atoms with Crippen molar-refractivity contribution in [3.05, 3.63) is 34.3 Å². The number of rotatable bonds is 4. The highest BCUT2D eigenvalue weighted by Gasteiger charge is 2.24. The van der Waals surface area contributed by atoms with E-state index >= 15 is 0 Å². The van der Waals surface area contributed by atoms with Crippen molar-refractivity contribution in [2.24, 2.45) is 5.92 Å². The Morgan fingerprint density at radius 3 is 3.00 bits per heavy atom. The zero-order valence-corrected chi connectivity index (χ0v) is 12.8. The Labute approximate surface area is 122 Å². The molecule has 3 nitrogen and oxygen atoms in total. The molecule has 1 aliphatic rings. The predicted molar refractivity (Wildman–Crippen MR) is 79.3 cm³/mol. The van der Waals surface area contributed by atoms with Gasteiger partial charge in [0.2, 0.25) is 0 Å². The first-order valence-corrected chi connectivity index (χ1v) is 7.55. The molecule has 0 amide bonds. The Kier molecular flexibility index (Phi) is 5.13. The highest BCUT2D eigenvalue weighted by molar-refractivity contribution is 9.10. The van der Waals surface area contributed by atoms with E-state index in [9.17, 15) is 9.90 Å². The Morgan fingerprint density at radius 1 is 1.53 bits per heavy atom. The van der Waals surface area contributed by atoms with Gasteiger partial charge in [0.15, 0.2) is 5.78 Å². The van der Waals surface area contributed by atoms with Gasteiger partial charge in [-0.05, 0) is 24.5 Å². The fourth-order valence-corrected chi connectivity index (χ4v) is 2.89. The fourth-order valence-electron chi connectivity index (χ4n) is 2.49. The first kappa shape index (κ1) is 14.7. The fraction of sp³-hybridized carbons (Fsp3) is 0.533. The van der Waals surface area contributed by atoms with Gasteiger partial charge in [0.05, 0.1) is 6.10 Å². The molecule has 0 spiro atoms. The lowest BCUT2D eigenvalue weighted by Crippen LogP contribution is -2.42. The van der Waals surface area contributed by atoms with Gasteiger partial charge in [0, 0.05) is 36.1 Å². The molecule has 2 rings (SSSR count). The van der Waals surface area contributed by atoms with E-state index in [1.165, 1.54) is 0 Å². The minimum atomic E-state index is -0.183. The van der Waals surface area contributed by atoms with E-state index in [4.69, 9.17) is 0 Å². The summed E-state index contributed by atoms with van der Waals surface area (Å²) in [5.41, 5.74) is 0.763. The lowest BCUT2D eigenvalue weighted by molar-refractivity contribution is 0.0346. The molecular formula is C15H20BrNO2. The summed E-state index contributed by atoms with van der Waals surface area (Å²) in [7, 11) is 0. The number of ketones is 1. The molecule has 104 valence electrons. The smallest absolute Gasteiger partial charge is 0.164 e. The first-order valence-electron chi connectivity index (χ1n) is 6.75. The highest BCUT2D eigenvalue weighted by Crippen LogP contribution is 2.18. The van der Waals surface area contributed by atoms with Crippen LogP contribution in [0.2, 0.25) is 0 Å². The topological polar surface area (TPSA) is 40.5 Å². The second-order valence-electron chi connectivity index (χ2n) is 5.32. The summed E-state index contributed by atoms with van der Waals surface area (Å²) < 4.78 is 0.938. The monoisotopic (exact) mass is 325 g/mol. The summed E-state index contributed by atoms with van der Waals surface area (Å²) in [6.45, 7) is 4.61. The zero-order chi connectivity index (χ0) is 13.8. The van der Waals surface area contributed by atoms with E-state index in [0.29, 0.717) is 12.3 Å². The first-order chi connectivity index (χ1) is 9.06. The maximum atomic E-state index is 12.1. The van der Waals surface area contributed by atoms with Crippen molar-refractivity contribution in [3.8, 4) is 0 Å². The molecule has 0 radical (unpaired) electrons. The molecule has 1 aromatic rings. The highest BCUT2D eigenvalue weighted by atomic mass is 79.9. The Morgan fingerprint density at radius 2 is 2.32 bits per heavy atom. The zero-order valence-electron chi connectivity index (χ0n) is 11.2. The van der Waals surface area contributed by atoms with Gasteiger partial charge in [-0.25, -0.2) is 0 Å². The number of piperidine rings is 1. The van der Waals surface area contributed by atoms with Crippen molar-refractivity contribution >= 4 is 21.7 Å². The third-order valence-corrected chi connectivity index (χ3v) is 4.24. The van der Waals surface area contributed by atoms with Crippen LogP contribution in [0.15, 0.2) is 28.7 Å². The van der Waals surface area contributed by atoms with Crippen LogP contribution >= 0.6 is 15.9 Å². The molecule has 4 heteroatoms. The molecule has 0 aromatic heterocycles. The summed E-state index contributed by atoms with van der Waals surface area (Å²) in [4.78, 5) is 14.4. The second-order valence-corrected chi connectivity index (χ2v) is 6.23. The van der Waals surface area contributed by atoms with Gasteiger partial charge in [-0.3, -0.25) is 4.79 Å². The molecule has 1 aliphatic heterocycles. The van der Waals surface area contributed by atoms with Crippen LogP contribution in [0, 0.1) is 5.92 Å². The van der Waals surface area contributed by atoms with Gasteiger partial charge in [-0.2, -0.15) is 0 Å². The molecule has 2 unspecified atom stereocenters. The van der Waals surface area contributed by atoms with Gasteiger partial charge in [-0.15, -0.1) is 0 Å². The van der Waals surface area contributed by atoms with Crippen LogP contribution in [-0.2, 0) is 0 Å². The van der Waals surface area contributed by atoms with Crippen LogP contribution < -0.4 is 0 Å². The summed E-state index contributed by atoms with van der Waals surface area (Å²) in [6.07, 6.45) is 1.17. The Bertz CT molecular complexity index is 450. The second kappa shape index (κ2) is 6.64. The third kappa shape index (κ3) is 4.13. The average molecular weight is 326 g/mol. The van der Waals surface area contributed by atoms with Gasteiger partial charge in [-0.1, -0.05) is 35.0 Å². The number of nitrogens with zero attached hydrogens (tertiary/aromatic N) is 1. The van der Waals surface area contributed by atoms with Crippen molar-refractivity contribution in [1.29, 1.82) is 0 Å². The maximum absolute atomic E-state index is 12.1. The lowest BCUT2D eigenvalue weighted by Gasteiger charge is -2.34. The number of halogens is 1. The van der Waals surface area contributed by atoms with Crippen LogP contribution in [0.1, 0.15) is 30.1 Å². The molecule has 1 fully saturated rings. The summed E-state index contributed by atoms with van der Waals surface area (Å²) >= 11 is 3.38. The van der Waals surface area contributed by atoms with Crippen molar-refractivity contribution in [3.63, 3.8) is 0 Å². The van der Waals surface area contributed by atoms with E-state index < -0.39 is 0 Å². The molecule has 0 aliphatic carbocycles. The van der Waals surface area contributed by atoms with Gasteiger partial charge in [0.1, 0.15) is 0 Å². The van der Waals surface area contributed by atoms with Crippen molar-refractivity contribution in [1.82, 2.24) is 4.90 Å². The molecule has 1 heterocycles. The minimum absolute atomic E-state index is 0.181. The molecule has 19 heavy (non-hydrogen) atoms. The number of hydrogen-bond donors (Lipinski definition) is 1. The lowest BCUT2D eigenvalue weighted by atomic mass is 9.96. The van der Waals surface area contributed by atoms with E-state index in [1.54, 1.807) is 0 Å². The largest absolute Gasteiger partial charge is 0.393 e. The van der Waals surface area contributed by atoms with Crippen LogP contribution in [0.3, 0.4) is 0 Å². The standard InChI is InChI=1S/C15H20BrNO2/c1-11-10-17(7-5-14(11)18)8-6-15(19)12-3-2-4-13(16)9-12/h2-4,9,11,14,18H,5-8,10H2,1H3. The molecule has 0 bridgehead atoms. The minimum Gasteiger partial charge on any atom is -0.393 e. The number of benzene rings is 1. The summed E-state index contributed by atoms with van der Waals surface area (Å²) in [5, 5.41) is 9.68. The number of likely N-dealkylation sites (tertiary alicyclic amines) is 1. The van der Waals surface area contributed by atoms with Gasteiger partial charge >= 0.3 is 0 Å². The van der Waals surface area contributed by atoms with E-state index in [2.05, 4.69) is 27.8 Å². The summed E-state index contributed by atoms with van der Waals surface area (Å²) in [5.74, 6) is 0.481. The van der Waals surface area contributed by atoms with Crippen LogP contribution in [0.5, 0.6) is 0 Å². The Balaban J connectivity index is 1.84. The van der Waals surface area contributed by atoms with Crippen molar-refractivity contribution < 1.29 is 9.90 Å². The molecule has 1 N–H and O–H groups in total. The number of Topliss-reactive ketones (excluding diaryl/α,β-unsaturated/α-hetero) is 1. The Hall–Kier alpha value is -0.710. The number of carbonyl (C=O) groups excluding carboxylic acids is 1. The number of hydrogen-bond acceptors (Lipinski definition) is 3. The van der Waals surface area contributed by atoms with Crippen LogP contribution in [0.25, 0.3) is 0 Å². The molecule has 1 saturated heterocycles. The average Bonchev–Trinajstić information content (AvgIpc) is 2.40.